The van der Waals surface area contributed by atoms with Gasteiger partial charge in [0, 0.05) is 34.1 Å². The molecule has 31 heavy (non-hydrogen) atoms. The Morgan fingerprint density at radius 2 is 1.97 bits per heavy atom. The average Bonchev–Trinajstić information content (AvgIpc) is 3.30. The number of nitrogens with zero attached hydrogens (tertiary/aromatic N) is 3. The van der Waals surface area contributed by atoms with Crippen LogP contribution in [0.4, 0.5) is 0 Å². The summed E-state index contributed by atoms with van der Waals surface area (Å²) in [6, 6.07) is 20.3. The molecule has 0 radical (unpaired) electrons. The highest BCUT2D eigenvalue weighted by Crippen LogP contribution is 2.23. The van der Waals surface area contributed by atoms with Gasteiger partial charge in [0.05, 0.1) is 11.9 Å². The molecule has 1 amide bonds. The van der Waals surface area contributed by atoms with Crippen LogP contribution in [0.1, 0.15) is 21.6 Å². The number of aromatic nitrogens is 3. The van der Waals surface area contributed by atoms with Crippen molar-refractivity contribution in [2.45, 2.75) is 6.61 Å². The summed E-state index contributed by atoms with van der Waals surface area (Å²) in [5, 5.41) is 11.5. The fourth-order valence-electron chi connectivity index (χ4n) is 2.76. The van der Waals surface area contributed by atoms with E-state index in [-0.39, 0.29) is 0 Å². The molecule has 0 aliphatic heterocycles. The van der Waals surface area contributed by atoms with Crippen LogP contribution >= 0.6 is 11.6 Å². The fourth-order valence-corrected chi connectivity index (χ4v) is 2.95. The van der Waals surface area contributed by atoms with E-state index in [2.05, 4.69) is 25.7 Å². The number of H-pyrrole nitrogens is 1. The normalized spacial score (nSPS) is 10.9. The Morgan fingerprint density at radius 1 is 1.13 bits per heavy atom. The van der Waals surface area contributed by atoms with Gasteiger partial charge < -0.3 is 4.74 Å². The minimum absolute atomic E-state index is 0.303. The molecule has 2 heterocycles. The first kappa shape index (κ1) is 20.3. The molecule has 0 saturated carbocycles. The molecule has 0 aliphatic carbocycles. The summed E-state index contributed by atoms with van der Waals surface area (Å²) in [6.45, 7) is 0.380. The van der Waals surface area contributed by atoms with Crippen molar-refractivity contribution in [2.24, 2.45) is 5.10 Å². The van der Waals surface area contributed by atoms with Crippen LogP contribution in [0.2, 0.25) is 5.02 Å². The summed E-state index contributed by atoms with van der Waals surface area (Å²) in [6.07, 6.45) is 4.83. The Hall–Kier alpha value is -3.97. The molecule has 0 spiro atoms. The second kappa shape index (κ2) is 9.69. The lowest BCUT2D eigenvalue weighted by atomic mass is 10.1. The van der Waals surface area contributed by atoms with E-state index in [1.807, 2.05) is 54.6 Å². The molecule has 4 aromatic rings. The van der Waals surface area contributed by atoms with E-state index < -0.39 is 5.91 Å². The Morgan fingerprint density at radius 3 is 2.74 bits per heavy atom. The van der Waals surface area contributed by atoms with Gasteiger partial charge in [-0.15, -0.1) is 0 Å². The van der Waals surface area contributed by atoms with Gasteiger partial charge in [0.1, 0.15) is 18.1 Å². The van der Waals surface area contributed by atoms with Crippen molar-refractivity contribution in [1.82, 2.24) is 20.6 Å². The van der Waals surface area contributed by atoms with Crippen LogP contribution < -0.4 is 10.2 Å². The molecular formula is C23H18ClN5O2. The van der Waals surface area contributed by atoms with E-state index in [0.717, 1.165) is 16.7 Å². The monoisotopic (exact) mass is 431 g/mol. The van der Waals surface area contributed by atoms with Gasteiger partial charge in [0.25, 0.3) is 5.91 Å². The maximum atomic E-state index is 12.2. The number of hydrogen-bond donors (Lipinski definition) is 2. The SMILES string of the molecule is O=C(NN=Cc1cccnc1)c1cc(-c2ccc(OCc3ccccc3Cl)cc2)n[nH]1. The van der Waals surface area contributed by atoms with Gasteiger partial charge in [-0.2, -0.15) is 10.2 Å². The number of pyridine rings is 1. The first-order valence-corrected chi connectivity index (χ1v) is 9.82. The van der Waals surface area contributed by atoms with Gasteiger partial charge in [0.15, 0.2) is 0 Å². The average molecular weight is 432 g/mol. The number of hydrogen-bond acceptors (Lipinski definition) is 5. The zero-order valence-corrected chi connectivity index (χ0v) is 17.1. The van der Waals surface area contributed by atoms with E-state index >= 15 is 0 Å². The number of amides is 1. The molecule has 2 N–H and O–H groups in total. The van der Waals surface area contributed by atoms with Crippen molar-refractivity contribution >= 4 is 23.7 Å². The molecule has 8 heteroatoms. The van der Waals surface area contributed by atoms with Crippen molar-refractivity contribution in [2.75, 3.05) is 0 Å². The largest absolute Gasteiger partial charge is 0.489 e. The van der Waals surface area contributed by atoms with E-state index in [9.17, 15) is 4.79 Å². The zero-order chi connectivity index (χ0) is 21.5. The van der Waals surface area contributed by atoms with Gasteiger partial charge in [-0.1, -0.05) is 35.9 Å². The highest BCUT2D eigenvalue weighted by Gasteiger charge is 2.10. The highest BCUT2D eigenvalue weighted by atomic mass is 35.5. The van der Waals surface area contributed by atoms with Crippen molar-refractivity contribution in [3.8, 4) is 17.0 Å². The van der Waals surface area contributed by atoms with Gasteiger partial charge in [-0.3, -0.25) is 14.9 Å². The third kappa shape index (κ3) is 5.34. The van der Waals surface area contributed by atoms with Crippen molar-refractivity contribution in [3.05, 3.63) is 101 Å². The summed E-state index contributed by atoms with van der Waals surface area (Å²) in [5.74, 6) is 0.320. The van der Waals surface area contributed by atoms with Crippen molar-refractivity contribution in [3.63, 3.8) is 0 Å². The van der Waals surface area contributed by atoms with Crippen molar-refractivity contribution < 1.29 is 9.53 Å². The number of rotatable bonds is 7. The Bertz CT molecular complexity index is 1190. The molecule has 0 aliphatic rings. The predicted molar refractivity (Wildman–Crippen MR) is 119 cm³/mol. The summed E-state index contributed by atoms with van der Waals surface area (Å²) in [4.78, 5) is 16.2. The zero-order valence-electron chi connectivity index (χ0n) is 16.3. The maximum absolute atomic E-state index is 12.2. The third-order valence-corrected chi connectivity index (χ3v) is 4.76. The van der Waals surface area contributed by atoms with E-state index in [4.69, 9.17) is 16.3 Å². The lowest BCUT2D eigenvalue weighted by molar-refractivity contribution is 0.0950. The summed E-state index contributed by atoms with van der Waals surface area (Å²) in [5.41, 5.74) is 5.95. The lowest BCUT2D eigenvalue weighted by Crippen LogP contribution is -2.18. The quantitative estimate of drug-likeness (QED) is 0.333. The van der Waals surface area contributed by atoms with Crippen molar-refractivity contribution in [1.29, 1.82) is 0 Å². The van der Waals surface area contributed by atoms with Gasteiger partial charge >= 0.3 is 0 Å². The summed E-state index contributed by atoms with van der Waals surface area (Å²) >= 11 is 6.15. The Labute approximate surface area is 183 Å². The molecule has 7 nitrogen and oxygen atoms in total. The third-order valence-electron chi connectivity index (χ3n) is 4.39. The fraction of sp³-hybridized carbons (Fsp3) is 0.0435. The number of hydrazone groups is 1. The molecule has 0 bridgehead atoms. The lowest BCUT2D eigenvalue weighted by Gasteiger charge is -2.08. The van der Waals surface area contributed by atoms with Gasteiger partial charge in [-0.25, -0.2) is 5.43 Å². The van der Waals surface area contributed by atoms with Crippen LogP contribution in [0.5, 0.6) is 5.75 Å². The molecule has 2 aromatic heterocycles. The molecule has 0 unspecified atom stereocenters. The standard InChI is InChI=1S/C23H18ClN5O2/c24-20-6-2-1-5-18(20)15-31-19-9-7-17(8-10-19)21-12-22(28-27-21)23(30)29-26-14-16-4-3-11-25-13-16/h1-14H,15H2,(H,27,28)(H,29,30). The smallest absolute Gasteiger partial charge is 0.289 e. The number of halogens is 1. The number of carbonyl (C=O) groups is 1. The maximum Gasteiger partial charge on any atom is 0.289 e. The first-order chi connectivity index (χ1) is 15.2. The van der Waals surface area contributed by atoms with Crippen LogP contribution in [0.3, 0.4) is 0 Å². The highest BCUT2D eigenvalue weighted by molar-refractivity contribution is 6.31. The minimum Gasteiger partial charge on any atom is -0.489 e. The van der Waals surface area contributed by atoms with E-state index in [1.165, 1.54) is 6.21 Å². The summed E-state index contributed by atoms with van der Waals surface area (Å²) < 4.78 is 5.79. The predicted octanol–water partition coefficient (Wildman–Crippen LogP) is 4.47. The molecule has 2 aromatic carbocycles. The number of aromatic amines is 1. The first-order valence-electron chi connectivity index (χ1n) is 9.44. The molecule has 4 rings (SSSR count). The molecular weight excluding hydrogens is 414 g/mol. The molecule has 154 valence electrons. The molecule has 0 atom stereocenters. The summed E-state index contributed by atoms with van der Waals surface area (Å²) in [7, 11) is 0. The van der Waals surface area contributed by atoms with Gasteiger partial charge in [0.2, 0.25) is 0 Å². The number of ether oxygens (including phenoxy) is 1. The second-order valence-corrected chi connectivity index (χ2v) is 6.96. The second-order valence-electron chi connectivity index (χ2n) is 6.56. The minimum atomic E-state index is -0.390. The number of carbonyl (C=O) groups excluding carboxylic acids is 1. The van der Waals surface area contributed by atoms with E-state index in [1.54, 1.807) is 24.5 Å². The van der Waals surface area contributed by atoms with Crippen LogP contribution in [-0.4, -0.2) is 27.3 Å². The number of nitrogens with one attached hydrogen (secondary N) is 2. The Kier molecular flexibility index (Phi) is 6.35. The van der Waals surface area contributed by atoms with E-state index in [0.29, 0.717) is 28.8 Å². The van der Waals surface area contributed by atoms with Crippen LogP contribution in [-0.2, 0) is 6.61 Å². The van der Waals surface area contributed by atoms with Gasteiger partial charge in [-0.05, 0) is 42.5 Å². The van der Waals surface area contributed by atoms with Crippen LogP contribution in [0, 0.1) is 0 Å². The number of benzene rings is 2. The topological polar surface area (TPSA) is 92.3 Å². The molecule has 0 saturated heterocycles. The Balaban J connectivity index is 1.35. The van der Waals surface area contributed by atoms with Crippen LogP contribution in [0.25, 0.3) is 11.3 Å². The molecule has 0 fully saturated rings. The van der Waals surface area contributed by atoms with Crippen LogP contribution in [0.15, 0.2) is 84.2 Å².